The third kappa shape index (κ3) is 5.91. The van der Waals surface area contributed by atoms with Crippen molar-refractivity contribution in [2.75, 3.05) is 19.6 Å². The molecule has 2 aliphatic carbocycles. The van der Waals surface area contributed by atoms with Crippen molar-refractivity contribution in [2.24, 2.45) is 17.6 Å². The summed E-state index contributed by atoms with van der Waals surface area (Å²) < 4.78 is 0. The average Bonchev–Trinajstić information content (AvgIpc) is 3.56. The Balaban J connectivity index is 1.37. The van der Waals surface area contributed by atoms with Crippen molar-refractivity contribution in [3.63, 3.8) is 0 Å². The second kappa shape index (κ2) is 10.7. The smallest absolute Gasteiger partial charge is 0.242 e. The van der Waals surface area contributed by atoms with Crippen LogP contribution in [0.2, 0.25) is 0 Å². The van der Waals surface area contributed by atoms with Crippen molar-refractivity contribution in [1.82, 2.24) is 15.1 Å². The molecule has 2 heterocycles. The predicted molar refractivity (Wildman–Crippen MR) is 129 cm³/mol. The van der Waals surface area contributed by atoms with Crippen LogP contribution in [0, 0.1) is 18.8 Å². The molecular weight excluding hydrogens is 420 g/mol. The summed E-state index contributed by atoms with van der Waals surface area (Å²) in [6, 6.07) is 5.08. The first-order valence-electron chi connectivity index (χ1n) is 12.5. The Labute approximate surface area is 196 Å². The second-order valence-corrected chi connectivity index (χ2v) is 11.6. The standard InChI is InChI=1S/C25H40N4O2S/c1-17-3-10-23(32-17)16-29(21-8-9-21)22-11-12-28(18(2)30)24(13-22)25(31)27-15-20-6-4-19(14-26)5-7-20/h3,10,19-22,24H,4-9,11-16,26H2,1-2H3,(H,27,31)/t19?,20?,22?,24-/m1/s1. The summed E-state index contributed by atoms with van der Waals surface area (Å²) in [5.74, 6) is 1.24. The Morgan fingerprint density at radius 1 is 1.09 bits per heavy atom. The minimum Gasteiger partial charge on any atom is -0.354 e. The number of aryl methyl sites for hydroxylation is 1. The van der Waals surface area contributed by atoms with Crippen LogP contribution in [-0.2, 0) is 16.1 Å². The van der Waals surface area contributed by atoms with Gasteiger partial charge < -0.3 is 16.0 Å². The number of likely N-dealkylation sites (tertiary alicyclic amines) is 1. The van der Waals surface area contributed by atoms with Crippen LogP contribution in [0.5, 0.6) is 0 Å². The maximum absolute atomic E-state index is 13.2. The number of hydrogen-bond acceptors (Lipinski definition) is 5. The molecule has 6 nitrogen and oxygen atoms in total. The van der Waals surface area contributed by atoms with E-state index < -0.39 is 0 Å². The number of nitrogens with one attached hydrogen (secondary N) is 1. The summed E-state index contributed by atoms with van der Waals surface area (Å²) in [5.41, 5.74) is 5.81. The van der Waals surface area contributed by atoms with Gasteiger partial charge in [0.1, 0.15) is 6.04 Å². The number of hydrogen-bond donors (Lipinski definition) is 2. The fraction of sp³-hybridized carbons (Fsp3) is 0.760. The molecule has 2 atom stereocenters. The summed E-state index contributed by atoms with van der Waals surface area (Å²) in [4.78, 5) is 32.8. The molecule has 3 fully saturated rings. The minimum atomic E-state index is -0.349. The van der Waals surface area contributed by atoms with E-state index in [4.69, 9.17) is 5.73 Å². The molecule has 0 radical (unpaired) electrons. The summed E-state index contributed by atoms with van der Waals surface area (Å²) in [5, 5.41) is 3.22. The highest BCUT2D eigenvalue weighted by Gasteiger charge is 2.41. The zero-order chi connectivity index (χ0) is 22.7. The van der Waals surface area contributed by atoms with E-state index in [9.17, 15) is 9.59 Å². The quantitative estimate of drug-likeness (QED) is 0.624. The van der Waals surface area contributed by atoms with E-state index in [1.807, 2.05) is 11.3 Å². The van der Waals surface area contributed by atoms with E-state index in [2.05, 4.69) is 29.3 Å². The van der Waals surface area contributed by atoms with Gasteiger partial charge in [-0.05, 0) is 88.8 Å². The third-order valence-corrected chi connectivity index (χ3v) is 8.75. The molecule has 0 spiro atoms. The van der Waals surface area contributed by atoms with Gasteiger partial charge in [0.2, 0.25) is 11.8 Å². The lowest BCUT2D eigenvalue weighted by molar-refractivity contribution is -0.142. The molecule has 1 aromatic rings. The van der Waals surface area contributed by atoms with Crippen molar-refractivity contribution < 1.29 is 9.59 Å². The van der Waals surface area contributed by atoms with Gasteiger partial charge in [0.05, 0.1) is 0 Å². The number of carbonyl (C=O) groups excluding carboxylic acids is 2. The molecule has 2 saturated carbocycles. The molecular formula is C25H40N4O2S. The molecule has 178 valence electrons. The van der Waals surface area contributed by atoms with E-state index >= 15 is 0 Å². The molecule has 1 saturated heterocycles. The Hall–Kier alpha value is -1.44. The highest BCUT2D eigenvalue weighted by molar-refractivity contribution is 7.11. The first-order chi connectivity index (χ1) is 15.4. The first kappa shape index (κ1) is 23.7. The van der Waals surface area contributed by atoms with Gasteiger partial charge in [-0.1, -0.05) is 0 Å². The van der Waals surface area contributed by atoms with Crippen LogP contribution in [0.15, 0.2) is 12.1 Å². The van der Waals surface area contributed by atoms with Crippen molar-refractivity contribution in [3.05, 3.63) is 21.9 Å². The predicted octanol–water partition coefficient (Wildman–Crippen LogP) is 3.28. The number of nitrogens with two attached hydrogens (primary N) is 1. The SMILES string of the molecule is CC(=O)N1CCC(N(Cc2ccc(C)s2)C2CC2)C[C@@H]1C(=O)NCC1CCC(CN)CC1. The van der Waals surface area contributed by atoms with Crippen molar-refractivity contribution in [3.8, 4) is 0 Å². The van der Waals surface area contributed by atoms with Crippen LogP contribution in [0.25, 0.3) is 0 Å². The van der Waals surface area contributed by atoms with E-state index in [-0.39, 0.29) is 17.9 Å². The van der Waals surface area contributed by atoms with E-state index in [1.54, 1.807) is 11.8 Å². The van der Waals surface area contributed by atoms with Crippen LogP contribution >= 0.6 is 11.3 Å². The van der Waals surface area contributed by atoms with E-state index in [0.717, 1.165) is 45.3 Å². The van der Waals surface area contributed by atoms with Crippen molar-refractivity contribution in [1.29, 1.82) is 0 Å². The van der Waals surface area contributed by atoms with Crippen LogP contribution in [-0.4, -0.2) is 59.4 Å². The van der Waals surface area contributed by atoms with Crippen LogP contribution in [0.4, 0.5) is 0 Å². The molecule has 3 N–H and O–H groups in total. The largest absolute Gasteiger partial charge is 0.354 e. The monoisotopic (exact) mass is 460 g/mol. The Bertz CT molecular complexity index is 785. The molecule has 2 amide bonds. The van der Waals surface area contributed by atoms with E-state index in [0.29, 0.717) is 30.5 Å². The van der Waals surface area contributed by atoms with Crippen LogP contribution in [0.1, 0.15) is 68.0 Å². The fourth-order valence-corrected chi connectivity index (χ4v) is 6.52. The Kier molecular flexibility index (Phi) is 7.90. The molecule has 7 heteroatoms. The molecule has 3 aliphatic rings. The summed E-state index contributed by atoms with van der Waals surface area (Å²) in [6.45, 7) is 6.90. The minimum absolute atomic E-state index is 0.0129. The van der Waals surface area contributed by atoms with Crippen molar-refractivity contribution in [2.45, 2.75) is 89.9 Å². The normalized spacial score (nSPS) is 28.7. The number of amides is 2. The maximum Gasteiger partial charge on any atom is 0.242 e. The first-order valence-corrected chi connectivity index (χ1v) is 13.3. The molecule has 1 unspecified atom stereocenters. The Morgan fingerprint density at radius 3 is 2.41 bits per heavy atom. The number of carbonyl (C=O) groups is 2. The Morgan fingerprint density at radius 2 is 1.81 bits per heavy atom. The second-order valence-electron chi connectivity index (χ2n) is 10.2. The lowest BCUT2D eigenvalue weighted by Gasteiger charge is -2.43. The average molecular weight is 461 g/mol. The molecule has 1 aromatic heterocycles. The highest BCUT2D eigenvalue weighted by Crippen LogP contribution is 2.35. The third-order valence-electron chi connectivity index (χ3n) is 7.77. The van der Waals surface area contributed by atoms with Gasteiger partial charge in [0.15, 0.2) is 0 Å². The van der Waals surface area contributed by atoms with Gasteiger partial charge >= 0.3 is 0 Å². The molecule has 1 aliphatic heterocycles. The molecule has 0 aromatic carbocycles. The topological polar surface area (TPSA) is 78.7 Å². The number of thiophene rings is 1. The zero-order valence-electron chi connectivity index (χ0n) is 19.7. The lowest BCUT2D eigenvalue weighted by atomic mass is 9.82. The summed E-state index contributed by atoms with van der Waals surface area (Å²) >= 11 is 1.87. The van der Waals surface area contributed by atoms with Crippen LogP contribution < -0.4 is 11.1 Å². The van der Waals surface area contributed by atoms with Gasteiger partial charge in [0.25, 0.3) is 0 Å². The number of piperidine rings is 1. The summed E-state index contributed by atoms with van der Waals surface area (Å²) in [7, 11) is 0. The lowest BCUT2D eigenvalue weighted by Crippen LogP contribution is -2.57. The molecule has 32 heavy (non-hydrogen) atoms. The van der Waals surface area contributed by atoms with Gasteiger partial charge in [-0.15, -0.1) is 11.3 Å². The highest BCUT2D eigenvalue weighted by atomic mass is 32.1. The van der Waals surface area contributed by atoms with Crippen LogP contribution in [0.3, 0.4) is 0 Å². The van der Waals surface area contributed by atoms with Gasteiger partial charge in [-0.25, -0.2) is 0 Å². The van der Waals surface area contributed by atoms with Crippen molar-refractivity contribution >= 4 is 23.2 Å². The fourth-order valence-electron chi connectivity index (χ4n) is 5.62. The maximum atomic E-state index is 13.2. The molecule has 0 bridgehead atoms. The van der Waals surface area contributed by atoms with Gasteiger partial charge in [0, 0.05) is 48.4 Å². The van der Waals surface area contributed by atoms with E-state index in [1.165, 1.54) is 35.4 Å². The van der Waals surface area contributed by atoms with Gasteiger partial charge in [-0.3, -0.25) is 14.5 Å². The number of rotatable bonds is 8. The summed E-state index contributed by atoms with van der Waals surface area (Å²) in [6.07, 6.45) is 8.81. The van der Waals surface area contributed by atoms with Gasteiger partial charge in [-0.2, -0.15) is 0 Å². The number of nitrogens with zero attached hydrogens (tertiary/aromatic N) is 2. The molecule has 4 rings (SSSR count). The zero-order valence-corrected chi connectivity index (χ0v) is 20.5.